The van der Waals surface area contributed by atoms with Crippen LogP contribution in [0, 0.1) is 12.3 Å². The molecule has 2 aliphatic rings. The number of amides is 1. The molecule has 7 heteroatoms. The molecule has 138 valence electrons. The largest absolute Gasteiger partial charge is 0.377 e. The molecule has 1 aliphatic heterocycles. The van der Waals surface area contributed by atoms with Crippen molar-refractivity contribution in [1.82, 2.24) is 15.3 Å². The molecule has 1 saturated carbocycles. The Balaban J connectivity index is 1.45. The number of anilines is 1. The van der Waals surface area contributed by atoms with Crippen LogP contribution in [0.4, 0.5) is 10.2 Å². The van der Waals surface area contributed by atoms with Crippen molar-refractivity contribution in [2.24, 2.45) is 5.41 Å². The van der Waals surface area contributed by atoms with Gasteiger partial charge in [0, 0.05) is 31.7 Å². The second-order valence-corrected chi connectivity index (χ2v) is 7.80. The number of halogens is 1. The molecule has 0 aromatic carbocycles. The summed E-state index contributed by atoms with van der Waals surface area (Å²) in [5.74, 6) is 1.25. The highest BCUT2D eigenvalue weighted by Gasteiger charge is 2.46. The first-order valence-electron chi connectivity index (χ1n) is 8.93. The van der Waals surface area contributed by atoms with Gasteiger partial charge in [0.2, 0.25) is 5.91 Å². The molecule has 3 rings (SSSR count). The highest BCUT2D eigenvalue weighted by atomic mass is 19.1. The number of nitrogens with one attached hydrogen (secondary N) is 2. The van der Waals surface area contributed by atoms with Crippen LogP contribution in [-0.4, -0.2) is 46.8 Å². The predicted octanol–water partition coefficient (Wildman–Crippen LogP) is 2.39. The second-order valence-electron chi connectivity index (χ2n) is 7.80. The van der Waals surface area contributed by atoms with Gasteiger partial charge in [0.05, 0.1) is 18.1 Å². The fourth-order valence-electron chi connectivity index (χ4n) is 3.58. The van der Waals surface area contributed by atoms with Crippen molar-refractivity contribution in [1.29, 1.82) is 0 Å². The average Bonchev–Trinajstić information content (AvgIpc) is 3.06. The van der Waals surface area contributed by atoms with Crippen LogP contribution >= 0.6 is 0 Å². The number of carbonyl (C=O) groups excluding carboxylic acids is 1. The summed E-state index contributed by atoms with van der Waals surface area (Å²) in [4.78, 5) is 20.8. The van der Waals surface area contributed by atoms with Crippen LogP contribution in [0.3, 0.4) is 0 Å². The van der Waals surface area contributed by atoms with Gasteiger partial charge in [0.15, 0.2) is 0 Å². The van der Waals surface area contributed by atoms with Gasteiger partial charge < -0.3 is 15.4 Å². The van der Waals surface area contributed by atoms with E-state index in [-0.39, 0.29) is 24.6 Å². The summed E-state index contributed by atoms with van der Waals surface area (Å²) in [5.41, 5.74) is -1.99. The van der Waals surface area contributed by atoms with Crippen molar-refractivity contribution < 1.29 is 13.9 Å². The number of nitrogens with zero attached hydrogens (tertiary/aromatic N) is 2. The molecule has 2 N–H and O–H groups in total. The van der Waals surface area contributed by atoms with Crippen molar-refractivity contribution in [2.75, 3.05) is 18.5 Å². The maximum absolute atomic E-state index is 14.7. The summed E-state index contributed by atoms with van der Waals surface area (Å²) in [6.45, 7) is 6.29. The van der Waals surface area contributed by atoms with Gasteiger partial charge in [0.25, 0.3) is 0 Å². The molecular weight excluding hydrogens is 323 g/mol. The summed E-state index contributed by atoms with van der Waals surface area (Å²) in [5, 5.41) is 6.00. The molecule has 2 fully saturated rings. The third kappa shape index (κ3) is 4.08. The van der Waals surface area contributed by atoms with Crippen LogP contribution in [0.5, 0.6) is 0 Å². The number of aromatic nitrogens is 2. The van der Waals surface area contributed by atoms with Gasteiger partial charge in [-0.25, -0.2) is 14.4 Å². The Kier molecular flexibility index (Phi) is 4.95. The third-order valence-electron chi connectivity index (χ3n) is 5.24. The smallest absolute Gasteiger partial charge is 0.228 e. The Hall–Kier alpha value is -1.76. The zero-order valence-electron chi connectivity index (χ0n) is 15.1. The molecule has 0 radical (unpaired) electrons. The molecule has 0 spiro atoms. The molecule has 25 heavy (non-hydrogen) atoms. The maximum Gasteiger partial charge on any atom is 0.228 e. The first-order valence-corrected chi connectivity index (χ1v) is 8.93. The summed E-state index contributed by atoms with van der Waals surface area (Å²) < 4.78 is 20.4. The standard InChI is InChI=1S/C18H27FN4O2/c1-12-20-7-6-15(22-12)23-13-9-18(19,10-13)11-21-16(24)17(2,3)14-5-4-8-25-14/h6-7,13-14H,4-5,8-11H2,1-3H3,(H,21,24)(H,20,22,23). The first-order chi connectivity index (χ1) is 11.8. The van der Waals surface area contributed by atoms with Crippen molar-refractivity contribution in [2.45, 2.75) is 64.3 Å². The minimum atomic E-state index is -1.36. The predicted molar refractivity (Wildman–Crippen MR) is 93.0 cm³/mol. The molecule has 0 bridgehead atoms. The van der Waals surface area contributed by atoms with Crippen molar-refractivity contribution >= 4 is 11.7 Å². The Labute approximate surface area is 148 Å². The summed E-state index contributed by atoms with van der Waals surface area (Å²) in [6.07, 6.45) is 4.17. The van der Waals surface area contributed by atoms with Gasteiger partial charge in [-0.15, -0.1) is 0 Å². The Morgan fingerprint density at radius 2 is 2.24 bits per heavy atom. The van der Waals surface area contributed by atoms with E-state index in [0.29, 0.717) is 31.1 Å². The zero-order chi connectivity index (χ0) is 18.1. The van der Waals surface area contributed by atoms with E-state index in [4.69, 9.17) is 4.74 Å². The molecule has 1 aliphatic carbocycles. The molecule has 1 amide bonds. The van der Waals surface area contributed by atoms with Crippen molar-refractivity contribution in [3.05, 3.63) is 18.1 Å². The second kappa shape index (κ2) is 6.86. The lowest BCUT2D eigenvalue weighted by molar-refractivity contribution is -0.137. The van der Waals surface area contributed by atoms with Crippen LogP contribution in [-0.2, 0) is 9.53 Å². The van der Waals surface area contributed by atoms with Crippen LogP contribution in [0.25, 0.3) is 0 Å². The normalized spacial score (nSPS) is 29.1. The van der Waals surface area contributed by atoms with E-state index in [1.54, 1.807) is 12.3 Å². The Bertz CT molecular complexity index is 625. The molecule has 1 aromatic rings. The fraction of sp³-hybridized carbons (Fsp3) is 0.722. The lowest BCUT2D eigenvalue weighted by atomic mass is 9.76. The number of aryl methyl sites for hydroxylation is 1. The summed E-state index contributed by atoms with van der Waals surface area (Å²) >= 11 is 0. The van der Waals surface area contributed by atoms with Crippen molar-refractivity contribution in [3.63, 3.8) is 0 Å². The van der Waals surface area contributed by atoms with Gasteiger partial charge in [-0.2, -0.15) is 0 Å². The number of ether oxygens (including phenoxy) is 1. The van der Waals surface area contributed by atoms with E-state index in [9.17, 15) is 9.18 Å². The van der Waals surface area contributed by atoms with Crippen LogP contribution < -0.4 is 10.6 Å². The van der Waals surface area contributed by atoms with Crippen molar-refractivity contribution in [3.8, 4) is 0 Å². The third-order valence-corrected chi connectivity index (χ3v) is 5.24. The fourth-order valence-corrected chi connectivity index (χ4v) is 3.58. The van der Waals surface area contributed by atoms with Crippen LogP contribution in [0.2, 0.25) is 0 Å². The molecule has 1 atom stereocenters. The lowest BCUT2D eigenvalue weighted by Gasteiger charge is -2.42. The van der Waals surface area contributed by atoms with E-state index >= 15 is 0 Å². The monoisotopic (exact) mass is 350 g/mol. The number of hydrogen-bond acceptors (Lipinski definition) is 5. The van der Waals surface area contributed by atoms with Gasteiger partial charge >= 0.3 is 0 Å². The van der Waals surface area contributed by atoms with E-state index < -0.39 is 11.1 Å². The molecule has 1 saturated heterocycles. The van der Waals surface area contributed by atoms with Crippen LogP contribution in [0.15, 0.2) is 12.3 Å². The van der Waals surface area contributed by atoms with Gasteiger partial charge in [-0.1, -0.05) is 0 Å². The minimum Gasteiger partial charge on any atom is -0.377 e. The molecule has 1 aromatic heterocycles. The minimum absolute atomic E-state index is 0.0300. The van der Waals surface area contributed by atoms with Gasteiger partial charge in [-0.05, 0) is 39.7 Å². The highest BCUT2D eigenvalue weighted by molar-refractivity contribution is 5.82. The number of hydrogen-bond donors (Lipinski definition) is 2. The molecular formula is C18H27FN4O2. The average molecular weight is 350 g/mol. The van der Waals surface area contributed by atoms with E-state index in [0.717, 1.165) is 12.8 Å². The lowest BCUT2D eigenvalue weighted by Crippen LogP contribution is -2.56. The number of carbonyl (C=O) groups is 1. The topological polar surface area (TPSA) is 76.1 Å². The Morgan fingerprint density at radius 3 is 2.88 bits per heavy atom. The Morgan fingerprint density at radius 1 is 1.48 bits per heavy atom. The highest BCUT2D eigenvalue weighted by Crippen LogP contribution is 2.38. The molecule has 1 unspecified atom stereocenters. The summed E-state index contributed by atoms with van der Waals surface area (Å²) in [7, 11) is 0. The van der Waals surface area contributed by atoms with Gasteiger partial charge in [0.1, 0.15) is 17.3 Å². The van der Waals surface area contributed by atoms with Crippen LogP contribution in [0.1, 0.15) is 45.4 Å². The quantitative estimate of drug-likeness (QED) is 0.824. The number of alkyl halides is 1. The maximum atomic E-state index is 14.7. The summed E-state index contributed by atoms with van der Waals surface area (Å²) in [6, 6.07) is 1.80. The molecule has 2 heterocycles. The van der Waals surface area contributed by atoms with E-state index in [2.05, 4.69) is 20.6 Å². The first kappa shape index (κ1) is 18.0. The van der Waals surface area contributed by atoms with E-state index in [1.165, 1.54) is 0 Å². The number of rotatable bonds is 6. The van der Waals surface area contributed by atoms with Gasteiger partial charge in [-0.3, -0.25) is 4.79 Å². The zero-order valence-corrected chi connectivity index (χ0v) is 15.1. The molecule has 6 nitrogen and oxygen atoms in total. The van der Waals surface area contributed by atoms with E-state index in [1.807, 2.05) is 20.8 Å². The SMILES string of the molecule is Cc1nccc(NC2CC(F)(CNC(=O)C(C)(C)C3CCCO3)C2)n1.